The van der Waals surface area contributed by atoms with E-state index in [0.717, 1.165) is 12.8 Å². The summed E-state index contributed by atoms with van der Waals surface area (Å²) >= 11 is 0. The molecule has 14 heavy (non-hydrogen) atoms. The lowest BCUT2D eigenvalue weighted by molar-refractivity contribution is 0.460. The summed E-state index contributed by atoms with van der Waals surface area (Å²) in [6.45, 7) is 0. The predicted molar refractivity (Wildman–Crippen MR) is 53.1 cm³/mol. The SMILES string of the molecule is O=c1cnnc(NC2CCCCC2)[nH]1. The Morgan fingerprint density at radius 1 is 1.36 bits per heavy atom. The lowest BCUT2D eigenvalue weighted by atomic mass is 9.96. The number of anilines is 1. The average Bonchev–Trinajstić information content (AvgIpc) is 2.19. The summed E-state index contributed by atoms with van der Waals surface area (Å²) in [6.07, 6.45) is 7.29. The second-order valence-electron chi connectivity index (χ2n) is 3.66. The first-order valence-electron chi connectivity index (χ1n) is 5.03. The molecule has 0 atom stereocenters. The maximum atomic E-state index is 10.9. The summed E-state index contributed by atoms with van der Waals surface area (Å²) in [5.74, 6) is 0.490. The zero-order valence-corrected chi connectivity index (χ0v) is 7.99. The number of hydrogen-bond donors (Lipinski definition) is 2. The van der Waals surface area contributed by atoms with Gasteiger partial charge < -0.3 is 5.32 Å². The number of rotatable bonds is 2. The van der Waals surface area contributed by atoms with Crippen LogP contribution in [0, 0.1) is 0 Å². The maximum absolute atomic E-state index is 10.9. The van der Waals surface area contributed by atoms with Crippen LogP contribution in [0.1, 0.15) is 32.1 Å². The van der Waals surface area contributed by atoms with E-state index in [0.29, 0.717) is 12.0 Å². The number of H-pyrrole nitrogens is 1. The first-order valence-corrected chi connectivity index (χ1v) is 5.03. The number of hydrogen-bond acceptors (Lipinski definition) is 4. The lowest BCUT2D eigenvalue weighted by Crippen LogP contribution is -2.25. The van der Waals surface area contributed by atoms with E-state index in [2.05, 4.69) is 20.5 Å². The molecule has 0 unspecified atom stereocenters. The van der Waals surface area contributed by atoms with E-state index in [1.54, 1.807) is 0 Å². The van der Waals surface area contributed by atoms with Crippen LogP contribution < -0.4 is 10.9 Å². The summed E-state index contributed by atoms with van der Waals surface area (Å²) in [7, 11) is 0. The molecule has 1 aliphatic rings. The predicted octanol–water partition coefficient (Wildman–Crippen LogP) is 0.909. The molecule has 1 fully saturated rings. The minimum absolute atomic E-state index is 0.210. The highest BCUT2D eigenvalue weighted by atomic mass is 16.1. The van der Waals surface area contributed by atoms with Gasteiger partial charge in [-0.15, -0.1) is 10.2 Å². The zero-order valence-electron chi connectivity index (χ0n) is 7.99. The van der Waals surface area contributed by atoms with E-state index in [1.165, 1.54) is 25.5 Å². The zero-order chi connectivity index (χ0) is 9.80. The molecule has 76 valence electrons. The molecule has 2 rings (SSSR count). The van der Waals surface area contributed by atoms with Crippen molar-refractivity contribution in [3.63, 3.8) is 0 Å². The van der Waals surface area contributed by atoms with Gasteiger partial charge in [-0.05, 0) is 12.8 Å². The van der Waals surface area contributed by atoms with Crippen LogP contribution in [-0.2, 0) is 0 Å². The molecule has 1 aromatic heterocycles. The van der Waals surface area contributed by atoms with Gasteiger partial charge in [0.05, 0.1) is 0 Å². The number of nitrogens with one attached hydrogen (secondary N) is 2. The summed E-state index contributed by atoms with van der Waals surface area (Å²) < 4.78 is 0. The molecule has 0 spiro atoms. The highest BCUT2D eigenvalue weighted by molar-refractivity contribution is 5.22. The van der Waals surface area contributed by atoms with Crippen LogP contribution in [0.25, 0.3) is 0 Å². The van der Waals surface area contributed by atoms with Crippen LogP contribution in [0.5, 0.6) is 0 Å². The Morgan fingerprint density at radius 2 is 2.14 bits per heavy atom. The summed E-state index contributed by atoms with van der Waals surface area (Å²) in [5.41, 5.74) is -0.210. The topological polar surface area (TPSA) is 70.7 Å². The van der Waals surface area contributed by atoms with Crippen LogP contribution in [-0.4, -0.2) is 21.2 Å². The highest BCUT2D eigenvalue weighted by Crippen LogP contribution is 2.19. The van der Waals surface area contributed by atoms with Crippen molar-refractivity contribution in [2.75, 3.05) is 5.32 Å². The van der Waals surface area contributed by atoms with Crippen molar-refractivity contribution in [3.05, 3.63) is 16.6 Å². The van der Waals surface area contributed by atoms with Crippen LogP contribution in [0.15, 0.2) is 11.0 Å². The molecule has 0 aromatic carbocycles. The van der Waals surface area contributed by atoms with Gasteiger partial charge in [-0.3, -0.25) is 9.78 Å². The van der Waals surface area contributed by atoms with Gasteiger partial charge in [-0.1, -0.05) is 19.3 Å². The fourth-order valence-corrected chi connectivity index (χ4v) is 1.82. The van der Waals surface area contributed by atoms with Gasteiger partial charge in [0, 0.05) is 6.04 Å². The lowest BCUT2D eigenvalue weighted by Gasteiger charge is -2.22. The van der Waals surface area contributed by atoms with Crippen molar-refractivity contribution in [2.45, 2.75) is 38.1 Å². The average molecular weight is 194 g/mol. The molecular formula is C9H14N4O. The standard InChI is InChI=1S/C9H14N4O/c14-8-6-10-13-9(12-8)11-7-4-2-1-3-5-7/h6-7H,1-5H2,(H2,11,12,13,14). The summed E-state index contributed by atoms with van der Waals surface area (Å²) in [4.78, 5) is 13.5. The van der Waals surface area contributed by atoms with E-state index in [9.17, 15) is 4.79 Å². The fraction of sp³-hybridized carbons (Fsp3) is 0.667. The molecule has 5 heteroatoms. The molecule has 5 nitrogen and oxygen atoms in total. The minimum atomic E-state index is -0.210. The Morgan fingerprint density at radius 3 is 2.86 bits per heavy atom. The minimum Gasteiger partial charge on any atom is -0.352 e. The van der Waals surface area contributed by atoms with Crippen molar-refractivity contribution in [1.29, 1.82) is 0 Å². The van der Waals surface area contributed by atoms with Crippen LogP contribution in [0.2, 0.25) is 0 Å². The third-order valence-corrected chi connectivity index (χ3v) is 2.52. The Kier molecular flexibility index (Phi) is 2.76. The van der Waals surface area contributed by atoms with Gasteiger partial charge in [0.25, 0.3) is 5.56 Å². The Hall–Kier alpha value is -1.39. The van der Waals surface area contributed by atoms with E-state index >= 15 is 0 Å². The highest BCUT2D eigenvalue weighted by Gasteiger charge is 2.13. The van der Waals surface area contributed by atoms with Crippen molar-refractivity contribution < 1.29 is 0 Å². The second-order valence-corrected chi connectivity index (χ2v) is 3.66. The molecular weight excluding hydrogens is 180 g/mol. The van der Waals surface area contributed by atoms with Gasteiger partial charge in [-0.2, -0.15) is 0 Å². The number of aromatic nitrogens is 3. The first-order chi connectivity index (χ1) is 6.84. The van der Waals surface area contributed by atoms with Crippen molar-refractivity contribution in [2.24, 2.45) is 0 Å². The van der Waals surface area contributed by atoms with Gasteiger partial charge in [0.15, 0.2) is 0 Å². The molecule has 1 saturated carbocycles. The molecule has 0 radical (unpaired) electrons. The molecule has 1 aliphatic carbocycles. The quantitative estimate of drug-likeness (QED) is 0.734. The molecule has 0 aliphatic heterocycles. The summed E-state index contributed by atoms with van der Waals surface area (Å²) in [5, 5.41) is 10.6. The molecule has 0 bridgehead atoms. The van der Waals surface area contributed by atoms with E-state index in [1.807, 2.05) is 0 Å². The fourth-order valence-electron chi connectivity index (χ4n) is 1.82. The van der Waals surface area contributed by atoms with Crippen LogP contribution in [0.4, 0.5) is 5.95 Å². The Balaban J connectivity index is 1.99. The van der Waals surface area contributed by atoms with Gasteiger partial charge in [0.1, 0.15) is 6.20 Å². The third kappa shape index (κ3) is 2.31. The maximum Gasteiger partial charge on any atom is 0.271 e. The van der Waals surface area contributed by atoms with Gasteiger partial charge >= 0.3 is 0 Å². The Bertz CT molecular complexity index is 343. The first kappa shape index (κ1) is 9.18. The molecule has 0 amide bonds. The van der Waals surface area contributed by atoms with Gasteiger partial charge in [-0.25, -0.2) is 0 Å². The molecule has 2 N–H and O–H groups in total. The van der Waals surface area contributed by atoms with Crippen LogP contribution >= 0.6 is 0 Å². The van der Waals surface area contributed by atoms with Gasteiger partial charge in [0.2, 0.25) is 5.95 Å². The smallest absolute Gasteiger partial charge is 0.271 e. The molecule has 1 aromatic rings. The van der Waals surface area contributed by atoms with Crippen molar-refractivity contribution in [3.8, 4) is 0 Å². The Labute approximate surface area is 82.0 Å². The molecule has 1 heterocycles. The monoisotopic (exact) mass is 194 g/mol. The van der Waals surface area contributed by atoms with E-state index in [4.69, 9.17) is 0 Å². The normalized spacial score (nSPS) is 18.0. The van der Waals surface area contributed by atoms with Crippen LogP contribution in [0.3, 0.4) is 0 Å². The van der Waals surface area contributed by atoms with Crippen molar-refractivity contribution in [1.82, 2.24) is 15.2 Å². The van der Waals surface area contributed by atoms with E-state index in [-0.39, 0.29) is 5.56 Å². The van der Waals surface area contributed by atoms with E-state index < -0.39 is 0 Å². The molecule has 0 saturated heterocycles. The van der Waals surface area contributed by atoms with Crippen molar-refractivity contribution >= 4 is 5.95 Å². The number of aromatic amines is 1. The largest absolute Gasteiger partial charge is 0.352 e. The summed E-state index contributed by atoms with van der Waals surface area (Å²) in [6, 6.07) is 0.441. The number of nitrogens with zero attached hydrogens (tertiary/aromatic N) is 2. The third-order valence-electron chi connectivity index (χ3n) is 2.52. The second kappa shape index (κ2) is 4.21.